The molecular weight excluding hydrogens is 230 g/mol. The standard InChI is InChI=1S/C12H19N5O/c1-4-5-17-12(13-8-14-17)6-11(18)10-7-16(3)15-9(10)2/h7-8,11,18H,4-6H2,1-3H3. The molecule has 0 aliphatic heterocycles. The zero-order chi connectivity index (χ0) is 13.1. The predicted octanol–water partition coefficient (Wildman–Crippen LogP) is 1.01. The fourth-order valence-electron chi connectivity index (χ4n) is 2.07. The van der Waals surface area contributed by atoms with E-state index in [-0.39, 0.29) is 0 Å². The molecular formula is C12H19N5O. The smallest absolute Gasteiger partial charge is 0.138 e. The molecule has 0 spiro atoms. The molecule has 0 aliphatic carbocycles. The average Bonchev–Trinajstić information content (AvgIpc) is 2.87. The summed E-state index contributed by atoms with van der Waals surface area (Å²) in [4.78, 5) is 4.20. The molecule has 0 saturated carbocycles. The van der Waals surface area contributed by atoms with Gasteiger partial charge in [-0.3, -0.25) is 9.36 Å². The summed E-state index contributed by atoms with van der Waals surface area (Å²) in [5.74, 6) is 0.813. The lowest BCUT2D eigenvalue weighted by Crippen LogP contribution is -2.10. The van der Waals surface area contributed by atoms with Crippen LogP contribution in [-0.4, -0.2) is 29.7 Å². The molecule has 1 atom stereocenters. The minimum Gasteiger partial charge on any atom is -0.388 e. The van der Waals surface area contributed by atoms with Crippen molar-refractivity contribution >= 4 is 0 Å². The van der Waals surface area contributed by atoms with E-state index >= 15 is 0 Å². The first-order valence-electron chi connectivity index (χ1n) is 6.16. The van der Waals surface area contributed by atoms with Crippen molar-refractivity contribution in [1.82, 2.24) is 24.5 Å². The number of aliphatic hydroxyl groups excluding tert-OH is 1. The van der Waals surface area contributed by atoms with E-state index in [4.69, 9.17) is 0 Å². The van der Waals surface area contributed by atoms with Gasteiger partial charge < -0.3 is 5.11 Å². The number of aromatic nitrogens is 5. The normalized spacial score (nSPS) is 12.9. The fraction of sp³-hybridized carbons (Fsp3) is 0.583. The van der Waals surface area contributed by atoms with E-state index < -0.39 is 6.10 Å². The Bertz CT molecular complexity index is 516. The van der Waals surface area contributed by atoms with E-state index in [0.717, 1.165) is 30.0 Å². The van der Waals surface area contributed by atoms with Crippen LogP contribution in [0.1, 0.15) is 36.5 Å². The lowest BCUT2D eigenvalue weighted by Gasteiger charge is -2.10. The maximum atomic E-state index is 10.2. The van der Waals surface area contributed by atoms with Gasteiger partial charge in [0.05, 0.1) is 11.8 Å². The summed E-state index contributed by atoms with van der Waals surface area (Å²) >= 11 is 0. The molecule has 0 bridgehead atoms. The number of nitrogens with zero attached hydrogens (tertiary/aromatic N) is 5. The van der Waals surface area contributed by atoms with Gasteiger partial charge in [0, 0.05) is 31.8 Å². The second kappa shape index (κ2) is 5.30. The number of aliphatic hydroxyl groups is 1. The number of hydrogen-bond donors (Lipinski definition) is 1. The predicted molar refractivity (Wildman–Crippen MR) is 66.9 cm³/mol. The topological polar surface area (TPSA) is 68.8 Å². The largest absolute Gasteiger partial charge is 0.388 e. The van der Waals surface area contributed by atoms with Gasteiger partial charge in [0.1, 0.15) is 12.2 Å². The molecule has 0 amide bonds. The minimum atomic E-state index is -0.585. The quantitative estimate of drug-likeness (QED) is 0.858. The number of hydrogen-bond acceptors (Lipinski definition) is 4. The van der Waals surface area contributed by atoms with E-state index in [2.05, 4.69) is 22.1 Å². The Morgan fingerprint density at radius 1 is 1.44 bits per heavy atom. The van der Waals surface area contributed by atoms with Gasteiger partial charge in [-0.1, -0.05) is 6.92 Å². The minimum absolute atomic E-state index is 0.465. The van der Waals surface area contributed by atoms with Crippen LogP contribution >= 0.6 is 0 Å². The Kier molecular flexibility index (Phi) is 3.76. The summed E-state index contributed by atoms with van der Waals surface area (Å²) in [6.45, 7) is 4.82. The summed E-state index contributed by atoms with van der Waals surface area (Å²) in [6, 6.07) is 0. The highest BCUT2D eigenvalue weighted by Crippen LogP contribution is 2.19. The molecule has 1 N–H and O–H groups in total. The van der Waals surface area contributed by atoms with E-state index in [0.29, 0.717) is 6.42 Å². The summed E-state index contributed by atoms with van der Waals surface area (Å²) in [5.41, 5.74) is 1.70. The van der Waals surface area contributed by atoms with Crippen molar-refractivity contribution in [3.05, 3.63) is 29.6 Å². The zero-order valence-electron chi connectivity index (χ0n) is 11.0. The van der Waals surface area contributed by atoms with Gasteiger partial charge in [0.15, 0.2) is 0 Å². The Labute approximate surface area is 106 Å². The van der Waals surface area contributed by atoms with Crippen molar-refractivity contribution in [2.75, 3.05) is 0 Å². The van der Waals surface area contributed by atoms with Crippen LogP contribution in [0.3, 0.4) is 0 Å². The Hall–Kier alpha value is -1.69. The van der Waals surface area contributed by atoms with Crippen molar-refractivity contribution in [1.29, 1.82) is 0 Å². The molecule has 0 saturated heterocycles. The molecule has 0 aromatic carbocycles. The van der Waals surface area contributed by atoms with Gasteiger partial charge in [-0.15, -0.1) is 0 Å². The van der Waals surface area contributed by atoms with Crippen LogP contribution in [-0.2, 0) is 20.0 Å². The zero-order valence-corrected chi connectivity index (χ0v) is 11.0. The van der Waals surface area contributed by atoms with Crippen molar-refractivity contribution in [3.8, 4) is 0 Å². The summed E-state index contributed by atoms with van der Waals surface area (Å²) < 4.78 is 3.56. The van der Waals surface area contributed by atoms with Crippen LogP contribution in [0.15, 0.2) is 12.5 Å². The third kappa shape index (κ3) is 2.59. The Morgan fingerprint density at radius 3 is 2.83 bits per heavy atom. The molecule has 0 radical (unpaired) electrons. The van der Waals surface area contributed by atoms with Gasteiger partial charge in [0.25, 0.3) is 0 Å². The van der Waals surface area contributed by atoms with Crippen LogP contribution in [0.4, 0.5) is 0 Å². The van der Waals surface area contributed by atoms with Gasteiger partial charge in [0.2, 0.25) is 0 Å². The molecule has 2 aromatic rings. The molecule has 0 aliphatic rings. The van der Waals surface area contributed by atoms with Gasteiger partial charge in [-0.25, -0.2) is 4.98 Å². The first-order valence-corrected chi connectivity index (χ1v) is 6.16. The van der Waals surface area contributed by atoms with Crippen molar-refractivity contribution in [2.24, 2.45) is 7.05 Å². The maximum absolute atomic E-state index is 10.2. The third-order valence-corrected chi connectivity index (χ3v) is 2.92. The van der Waals surface area contributed by atoms with E-state index in [1.807, 2.05) is 24.9 Å². The summed E-state index contributed by atoms with van der Waals surface area (Å²) in [7, 11) is 1.85. The van der Waals surface area contributed by atoms with Crippen LogP contribution in [0.25, 0.3) is 0 Å². The second-order valence-corrected chi connectivity index (χ2v) is 4.46. The van der Waals surface area contributed by atoms with Crippen LogP contribution in [0.2, 0.25) is 0 Å². The highest BCUT2D eigenvalue weighted by molar-refractivity contribution is 5.19. The highest BCUT2D eigenvalue weighted by Gasteiger charge is 2.17. The number of rotatable bonds is 5. The lowest BCUT2D eigenvalue weighted by atomic mass is 10.1. The van der Waals surface area contributed by atoms with Gasteiger partial charge >= 0.3 is 0 Å². The molecule has 2 heterocycles. The van der Waals surface area contributed by atoms with Crippen molar-refractivity contribution in [3.63, 3.8) is 0 Å². The van der Waals surface area contributed by atoms with Gasteiger partial charge in [-0.2, -0.15) is 10.2 Å². The third-order valence-electron chi connectivity index (χ3n) is 2.92. The monoisotopic (exact) mass is 249 g/mol. The van der Waals surface area contributed by atoms with Crippen molar-refractivity contribution < 1.29 is 5.11 Å². The molecule has 2 aromatic heterocycles. The SMILES string of the molecule is CCCn1ncnc1CC(O)c1cn(C)nc1C. The molecule has 18 heavy (non-hydrogen) atoms. The van der Waals surface area contributed by atoms with Crippen LogP contribution in [0, 0.1) is 6.92 Å². The Morgan fingerprint density at radius 2 is 2.22 bits per heavy atom. The average molecular weight is 249 g/mol. The Balaban J connectivity index is 2.13. The molecule has 1 unspecified atom stereocenters. The summed E-state index contributed by atoms with van der Waals surface area (Å²) in [5, 5.41) is 18.6. The van der Waals surface area contributed by atoms with Crippen LogP contribution in [0.5, 0.6) is 0 Å². The fourth-order valence-corrected chi connectivity index (χ4v) is 2.07. The molecule has 0 fully saturated rings. The van der Waals surface area contributed by atoms with Gasteiger partial charge in [-0.05, 0) is 13.3 Å². The highest BCUT2D eigenvalue weighted by atomic mass is 16.3. The number of aryl methyl sites for hydroxylation is 3. The second-order valence-electron chi connectivity index (χ2n) is 4.46. The molecule has 2 rings (SSSR count). The first-order chi connectivity index (χ1) is 8.61. The first kappa shape index (κ1) is 12.8. The summed E-state index contributed by atoms with van der Waals surface area (Å²) in [6.07, 6.45) is 4.26. The van der Waals surface area contributed by atoms with Crippen LogP contribution < -0.4 is 0 Å². The molecule has 6 heteroatoms. The van der Waals surface area contributed by atoms with E-state index in [1.54, 1.807) is 4.68 Å². The lowest BCUT2D eigenvalue weighted by molar-refractivity contribution is 0.173. The van der Waals surface area contributed by atoms with E-state index in [1.165, 1.54) is 6.33 Å². The van der Waals surface area contributed by atoms with E-state index in [9.17, 15) is 5.11 Å². The van der Waals surface area contributed by atoms with Crippen molar-refractivity contribution in [2.45, 2.75) is 39.3 Å². The maximum Gasteiger partial charge on any atom is 0.138 e. The molecule has 98 valence electrons. The molecule has 6 nitrogen and oxygen atoms in total.